The van der Waals surface area contributed by atoms with E-state index in [0.29, 0.717) is 23.8 Å². The van der Waals surface area contributed by atoms with Crippen LogP contribution in [0.15, 0.2) is 18.2 Å². The number of hydrogen-bond acceptors (Lipinski definition) is 2. The summed E-state index contributed by atoms with van der Waals surface area (Å²) in [5.74, 6) is 1.10. The van der Waals surface area contributed by atoms with E-state index in [1.54, 1.807) is 7.11 Å². The average molecular weight is 282 g/mol. The van der Waals surface area contributed by atoms with E-state index in [0.717, 1.165) is 18.5 Å². The lowest BCUT2D eigenvalue weighted by Gasteiger charge is -2.34. The number of alkyl halides is 1. The van der Waals surface area contributed by atoms with Crippen molar-refractivity contribution in [2.45, 2.75) is 25.6 Å². The number of piperidine rings is 1. The predicted molar refractivity (Wildman–Crippen MR) is 77.1 cm³/mol. The van der Waals surface area contributed by atoms with Crippen LogP contribution >= 0.6 is 11.6 Å². The molecule has 104 valence electrons. The average Bonchev–Trinajstić information content (AvgIpc) is 2.41. The van der Waals surface area contributed by atoms with Crippen LogP contribution < -0.4 is 4.74 Å². The molecule has 4 heteroatoms. The molecule has 0 aliphatic carbocycles. The maximum absolute atomic E-state index is 12.6. The first-order valence-corrected chi connectivity index (χ1v) is 7.04. The molecule has 1 aromatic rings. The molecule has 1 saturated heterocycles. The van der Waals surface area contributed by atoms with Crippen LogP contribution in [0.25, 0.3) is 0 Å². The number of carbonyl (C=O) groups excluding carboxylic acids is 1. The minimum absolute atomic E-state index is 0.0121. The predicted octanol–water partition coefficient (Wildman–Crippen LogP) is 3.09. The molecular weight excluding hydrogens is 262 g/mol. The number of hydrogen-bond donors (Lipinski definition) is 0. The normalized spacial score (nSPS) is 23.3. The molecule has 1 fully saturated rings. The Morgan fingerprint density at radius 3 is 2.84 bits per heavy atom. The summed E-state index contributed by atoms with van der Waals surface area (Å²) in [6, 6.07) is 5.66. The molecular formula is C15H20ClNO2. The Morgan fingerprint density at radius 1 is 1.47 bits per heavy atom. The second kappa shape index (κ2) is 5.83. The lowest BCUT2D eigenvalue weighted by molar-refractivity contribution is 0.0698. The number of nitrogens with zero attached hydrogens (tertiary/aromatic N) is 1. The Labute approximate surface area is 119 Å². The fourth-order valence-corrected chi connectivity index (χ4v) is 2.66. The van der Waals surface area contributed by atoms with Crippen molar-refractivity contribution in [2.24, 2.45) is 5.92 Å². The monoisotopic (exact) mass is 281 g/mol. The Morgan fingerprint density at radius 2 is 2.21 bits per heavy atom. The number of ether oxygens (including phenoxy) is 1. The lowest BCUT2D eigenvalue weighted by Crippen LogP contribution is -2.43. The van der Waals surface area contributed by atoms with Crippen molar-refractivity contribution in [2.75, 3.05) is 20.2 Å². The van der Waals surface area contributed by atoms with Gasteiger partial charge >= 0.3 is 0 Å². The first-order chi connectivity index (χ1) is 9.02. The Kier molecular flexibility index (Phi) is 4.35. The standard InChI is InChI=1S/C15H20ClNO2/c1-10-4-5-14(19-3)12(8-10)15(18)17-7-6-11(2)13(16)9-17/h4-5,8,11,13H,6-7,9H2,1-3H3. The van der Waals surface area contributed by atoms with Gasteiger partial charge in [0.05, 0.1) is 18.1 Å². The summed E-state index contributed by atoms with van der Waals surface area (Å²) in [4.78, 5) is 14.4. The molecule has 1 heterocycles. The summed E-state index contributed by atoms with van der Waals surface area (Å²) in [6.07, 6.45) is 0.952. The maximum atomic E-state index is 12.6. The summed E-state index contributed by atoms with van der Waals surface area (Å²) >= 11 is 6.27. The quantitative estimate of drug-likeness (QED) is 0.780. The van der Waals surface area contributed by atoms with E-state index in [1.807, 2.05) is 30.0 Å². The van der Waals surface area contributed by atoms with Crippen LogP contribution in [0.4, 0.5) is 0 Å². The molecule has 0 aromatic heterocycles. The molecule has 0 spiro atoms. The maximum Gasteiger partial charge on any atom is 0.257 e. The number of amides is 1. The largest absolute Gasteiger partial charge is 0.496 e. The topological polar surface area (TPSA) is 29.5 Å². The zero-order valence-corrected chi connectivity index (χ0v) is 12.4. The third-order valence-corrected chi connectivity index (χ3v) is 4.31. The third kappa shape index (κ3) is 3.03. The summed E-state index contributed by atoms with van der Waals surface area (Å²) in [7, 11) is 1.59. The van der Waals surface area contributed by atoms with Crippen LogP contribution in [-0.4, -0.2) is 36.4 Å². The summed E-state index contributed by atoms with van der Waals surface area (Å²) in [5, 5.41) is 0.0357. The number of methoxy groups -OCH3 is 1. The van der Waals surface area contributed by atoms with E-state index in [4.69, 9.17) is 16.3 Å². The minimum Gasteiger partial charge on any atom is -0.496 e. The summed E-state index contributed by atoms with van der Waals surface area (Å²) in [6.45, 7) is 5.48. The molecule has 2 rings (SSSR count). The van der Waals surface area contributed by atoms with Crippen LogP contribution in [0.2, 0.25) is 0 Å². The van der Waals surface area contributed by atoms with Gasteiger partial charge in [0.25, 0.3) is 5.91 Å². The SMILES string of the molecule is COc1ccc(C)cc1C(=O)N1CCC(C)C(Cl)C1. The zero-order chi connectivity index (χ0) is 14.0. The third-order valence-electron chi connectivity index (χ3n) is 3.74. The molecule has 1 aliphatic heterocycles. The van der Waals surface area contributed by atoms with Gasteiger partial charge in [-0.25, -0.2) is 0 Å². The number of carbonyl (C=O) groups is 1. The number of rotatable bonds is 2. The number of halogens is 1. The van der Waals surface area contributed by atoms with Crippen LogP contribution in [0, 0.1) is 12.8 Å². The van der Waals surface area contributed by atoms with Gasteiger partial charge in [-0.2, -0.15) is 0 Å². The molecule has 1 aromatic carbocycles. The van der Waals surface area contributed by atoms with Crippen molar-refractivity contribution in [3.05, 3.63) is 29.3 Å². The first-order valence-electron chi connectivity index (χ1n) is 6.61. The van der Waals surface area contributed by atoms with Gasteiger partial charge in [-0.3, -0.25) is 4.79 Å². The number of aryl methyl sites for hydroxylation is 1. The second-order valence-corrected chi connectivity index (χ2v) is 5.80. The smallest absolute Gasteiger partial charge is 0.257 e. The van der Waals surface area contributed by atoms with Crippen molar-refractivity contribution in [1.29, 1.82) is 0 Å². The molecule has 2 atom stereocenters. The molecule has 0 N–H and O–H groups in total. The highest BCUT2D eigenvalue weighted by molar-refractivity contribution is 6.21. The summed E-state index contributed by atoms with van der Waals surface area (Å²) in [5.41, 5.74) is 1.68. The van der Waals surface area contributed by atoms with E-state index in [9.17, 15) is 4.79 Å². The molecule has 19 heavy (non-hydrogen) atoms. The summed E-state index contributed by atoms with van der Waals surface area (Å²) < 4.78 is 5.28. The molecule has 1 aliphatic rings. The molecule has 2 unspecified atom stereocenters. The van der Waals surface area contributed by atoms with Crippen LogP contribution in [-0.2, 0) is 0 Å². The van der Waals surface area contributed by atoms with Crippen molar-refractivity contribution in [1.82, 2.24) is 4.90 Å². The van der Waals surface area contributed by atoms with Gasteiger partial charge in [0.1, 0.15) is 5.75 Å². The van der Waals surface area contributed by atoms with Crippen molar-refractivity contribution in [3.8, 4) is 5.75 Å². The van der Waals surface area contributed by atoms with Crippen molar-refractivity contribution in [3.63, 3.8) is 0 Å². The van der Waals surface area contributed by atoms with Gasteiger partial charge in [0, 0.05) is 13.1 Å². The van der Waals surface area contributed by atoms with Crippen LogP contribution in [0.3, 0.4) is 0 Å². The number of benzene rings is 1. The van der Waals surface area contributed by atoms with E-state index in [-0.39, 0.29) is 11.3 Å². The zero-order valence-electron chi connectivity index (χ0n) is 11.6. The van der Waals surface area contributed by atoms with Gasteiger partial charge in [-0.05, 0) is 31.4 Å². The molecule has 3 nitrogen and oxygen atoms in total. The highest BCUT2D eigenvalue weighted by Crippen LogP contribution is 2.26. The first kappa shape index (κ1) is 14.2. The van der Waals surface area contributed by atoms with E-state index < -0.39 is 0 Å². The molecule has 0 bridgehead atoms. The highest BCUT2D eigenvalue weighted by atomic mass is 35.5. The van der Waals surface area contributed by atoms with Gasteiger partial charge in [0.2, 0.25) is 0 Å². The van der Waals surface area contributed by atoms with Gasteiger partial charge in [0.15, 0.2) is 0 Å². The van der Waals surface area contributed by atoms with Crippen LogP contribution in [0.5, 0.6) is 5.75 Å². The van der Waals surface area contributed by atoms with Gasteiger partial charge < -0.3 is 9.64 Å². The fraction of sp³-hybridized carbons (Fsp3) is 0.533. The Bertz CT molecular complexity index is 475. The Hall–Kier alpha value is -1.22. The lowest BCUT2D eigenvalue weighted by atomic mass is 9.97. The van der Waals surface area contributed by atoms with E-state index >= 15 is 0 Å². The van der Waals surface area contributed by atoms with Gasteiger partial charge in [-0.1, -0.05) is 18.6 Å². The fourth-order valence-electron chi connectivity index (χ4n) is 2.37. The minimum atomic E-state index is 0.0121. The number of likely N-dealkylation sites (tertiary alicyclic amines) is 1. The van der Waals surface area contributed by atoms with Crippen molar-refractivity contribution < 1.29 is 9.53 Å². The highest BCUT2D eigenvalue weighted by Gasteiger charge is 2.29. The van der Waals surface area contributed by atoms with E-state index in [1.165, 1.54) is 0 Å². The Balaban J connectivity index is 2.22. The van der Waals surface area contributed by atoms with Gasteiger partial charge in [-0.15, -0.1) is 11.6 Å². The van der Waals surface area contributed by atoms with Crippen LogP contribution in [0.1, 0.15) is 29.3 Å². The van der Waals surface area contributed by atoms with E-state index in [2.05, 4.69) is 6.92 Å². The second-order valence-electron chi connectivity index (χ2n) is 5.24. The molecule has 1 amide bonds. The molecule has 0 radical (unpaired) electrons. The molecule has 0 saturated carbocycles. The van der Waals surface area contributed by atoms with Crippen molar-refractivity contribution >= 4 is 17.5 Å².